The average molecular weight is 234 g/mol. The summed E-state index contributed by atoms with van der Waals surface area (Å²) in [4.78, 5) is 11.5. The van der Waals surface area contributed by atoms with E-state index in [9.17, 15) is 9.00 Å². The lowest BCUT2D eigenvalue weighted by Gasteiger charge is -2.11. The number of hydrogen-bond donors (Lipinski definition) is 2. The Bertz CT molecular complexity index is 210. The first kappa shape index (κ1) is 14.6. The first-order valence-corrected chi connectivity index (χ1v) is 6.86. The number of nitrogens with one attached hydrogen (secondary N) is 1. The summed E-state index contributed by atoms with van der Waals surface area (Å²) in [5.74, 6) is 0.401. The van der Waals surface area contributed by atoms with Gasteiger partial charge in [0.25, 0.3) is 0 Å². The van der Waals surface area contributed by atoms with E-state index in [-0.39, 0.29) is 5.91 Å². The molecule has 90 valence electrons. The highest BCUT2D eigenvalue weighted by Crippen LogP contribution is 1.98. The van der Waals surface area contributed by atoms with Gasteiger partial charge in [-0.1, -0.05) is 13.3 Å². The Morgan fingerprint density at radius 3 is 2.67 bits per heavy atom. The lowest BCUT2D eigenvalue weighted by Crippen LogP contribution is -2.36. The number of hydrogen-bond acceptors (Lipinski definition) is 3. The molecule has 5 heteroatoms. The van der Waals surface area contributed by atoms with Crippen LogP contribution in [0, 0.1) is 0 Å². The van der Waals surface area contributed by atoms with Crippen LogP contribution in [0.15, 0.2) is 0 Å². The first-order valence-electron chi connectivity index (χ1n) is 5.48. The molecular weight excluding hydrogens is 212 g/mol. The second kappa shape index (κ2) is 8.85. The largest absolute Gasteiger partial charge is 0.355 e. The Morgan fingerprint density at radius 1 is 1.47 bits per heavy atom. The van der Waals surface area contributed by atoms with Crippen LogP contribution < -0.4 is 11.1 Å². The Morgan fingerprint density at radius 2 is 2.13 bits per heavy atom. The predicted molar refractivity (Wildman–Crippen MR) is 64.1 cm³/mol. The third kappa shape index (κ3) is 6.62. The summed E-state index contributed by atoms with van der Waals surface area (Å²) < 4.78 is 11.6. The Labute approximate surface area is 94.4 Å². The van der Waals surface area contributed by atoms with Crippen LogP contribution >= 0.6 is 0 Å². The van der Waals surface area contributed by atoms with Crippen LogP contribution in [0.3, 0.4) is 0 Å². The van der Waals surface area contributed by atoms with Crippen LogP contribution in [0.2, 0.25) is 0 Å². The van der Waals surface area contributed by atoms with Gasteiger partial charge in [0, 0.05) is 23.1 Å². The molecule has 0 aromatic carbocycles. The van der Waals surface area contributed by atoms with Crippen molar-refractivity contribution in [3.8, 4) is 0 Å². The lowest BCUT2D eigenvalue weighted by atomic mass is 10.3. The van der Waals surface area contributed by atoms with Crippen LogP contribution in [0.1, 0.15) is 33.1 Å². The molecule has 0 aliphatic rings. The fourth-order valence-corrected chi connectivity index (χ4v) is 2.18. The minimum atomic E-state index is -1.09. The van der Waals surface area contributed by atoms with Crippen molar-refractivity contribution < 1.29 is 9.00 Å². The van der Waals surface area contributed by atoms with Crippen LogP contribution in [0.25, 0.3) is 0 Å². The Balaban J connectivity index is 3.80. The topological polar surface area (TPSA) is 72.2 Å². The van der Waals surface area contributed by atoms with Gasteiger partial charge in [0.1, 0.15) is 5.25 Å². The maximum absolute atomic E-state index is 11.6. The lowest BCUT2D eigenvalue weighted by molar-refractivity contribution is -0.120. The molecule has 0 rings (SSSR count). The van der Waals surface area contributed by atoms with Gasteiger partial charge in [-0.25, -0.2) is 0 Å². The van der Waals surface area contributed by atoms with Gasteiger partial charge >= 0.3 is 0 Å². The van der Waals surface area contributed by atoms with Gasteiger partial charge in [0.2, 0.25) is 5.91 Å². The average Bonchev–Trinajstić information content (AvgIpc) is 2.24. The van der Waals surface area contributed by atoms with Crippen molar-refractivity contribution in [2.45, 2.75) is 38.4 Å². The van der Waals surface area contributed by atoms with Crippen molar-refractivity contribution in [1.29, 1.82) is 0 Å². The zero-order valence-electron chi connectivity index (χ0n) is 9.62. The molecule has 2 atom stereocenters. The highest BCUT2D eigenvalue weighted by atomic mass is 32.2. The van der Waals surface area contributed by atoms with Crippen molar-refractivity contribution in [1.82, 2.24) is 5.32 Å². The predicted octanol–water partition coefficient (Wildman–Crippen LogP) is 0.389. The van der Waals surface area contributed by atoms with Crippen molar-refractivity contribution in [3.63, 3.8) is 0 Å². The number of carbonyl (C=O) groups is 1. The standard InChI is InChI=1S/C10H22N2O2S/c1-3-4-7-12-10(13)9(2)15(14)8-5-6-11/h9H,3-8,11H2,1-2H3,(H,12,13). The minimum absolute atomic E-state index is 0.112. The Hall–Kier alpha value is -0.420. The second-order valence-corrected chi connectivity index (χ2v) is 5.39. The first-order chi connectivity index (χ1) is 7.13. The van der Waals surface area contributed by atoms with E-state index in [0.29, 0.717) is 25.3 Å². The molecule has 0 heterocycles. The van der Waals surface area contributed by atoms with E-state index in [1.807, 2.05) is 0 Å². The van der Waals surface area contributed by atoms with Gasteiger partial charge in [-0.05, 0) is 26.3 Å². The number of carbonyl (C=O) groups excluding carboxylic acids is 1. The fourth-order valence-electron chi connectivity index (χ4n) is 1.05. The molecule has 0 aromatic heterocycles. The SMILES string of the molecule is CCCCNC(=O)C(C)S(=O)CCCN. The molecule has 0 saturated carbocycles. The van der Waals surface area contributed by atoms with Gasteiger partial charge in [0.15, 0.2) is 0 Å². The molecule has 1 amide bonds. The summed E-state index contributed by atoms with van der Waals surface area (Å²) in [6.07, 6.45) is 2.72. The van der Waals surface area contributed by atoms with Crippen LogP contribution in [-0.4, -0.2) is 34.2 Å². The minimum Gasteiger partial charge on any atom is -0.355 e. The molecule has 0 saturated heterocycles. The zero-order valence-corrected chi connectivity index (χ0v) is 10.4. The molecule has 4 nitrogen and oxygen atoms in total. The fraction of sp³-hybridized carbons (Fsp3) is 0.900. The van der Waals surface area contributed by atoms with Crippen LogP contribution in [-0.2, 0) is 15.6 Å². The van der Waals surface area contributed by atoms with Gasteiger partial charge < -0.3 is 11.1 Å². The van der Waals surface area contributed by atoms with E-state index < -0.39 is 16.0 Å². The van der Waals surface area contributed by atoms with Crippen molar-refractivity contribution in [3.05, 3.63) is 0 Å². The van der Waals surface area contributed by atoms with Crippen molar-refractivity contribution in [2.24, 2.45) is 5.73 Å². The molecule has 0 aromatic rings. The van der Waals surface area contributed by atoms with E-state index in [1.165, 1.54) is 0 Å². The monoisotopic (exact) mass is 234 g/mol. The van der Waals surface area contributed by atoms with Crippen LogP contribution in [0.5, 0.6) is 0 Å². The highest BCUT2D eigenvalue weighted by Gasteiger charge is 2.18. The van der Waals surface area contributed by atoms with E-state index >= 15 is 0 Å². The normalized spacial score (nSPS) is 14.6. The molecule has 0 radical (unpaired) electrons. The smallest absolute Gasteiger partial charge is 0.235 e. The molecule has 3 N–H and O–H groups in total. The maximum Gasteiger partial charge on any atom is 0.235 e. The second-order valence-electron chi connectivity index (χ2n) is 3.51. The summed E-state index contributed by atoms with van der Waals surface area (Å²) in [6.45, 7) is 4.96. The van der Waals surface area contributed by atoms with Gasteiger partial charge in [-0.15, -0.1) is 0 Å². The number of rotatable bonds is 8. The maximum atomic E-state index is 11.6. The molecule has 0 fully saturated rings. The molecule has 0 spiro atoms. The zero-order chi connectivity index (χ0) is 11.7. The molecular formula is C10H22N2O2S. The third-order valence-electron chi connectivity index (χ3n) is 2.14. The summed E-state index contributed by atoms with van der Waals surface area (Å²) >= 11 is 0. The third-order valence-corrected chi connectivity index (χ3v) is 3.84. The van der Waals surface area contributed by atoms with Gasteiger partial charge in [0.05, 0.1) is 0 Å². The summed E-state index contributed by atoms with van der Waals surface area (Å²) in [6, 6.07) is 0. The summed E-state index contributed by atoms with van der Waals surface area (Å²) in [5, 5.41) is 2.35. The van der Waals surface area contributed by atoms with Gasteiger partial charge in [-0.2, -0.15) is 0 Å². The molecule has 0 aliphatic carbocycles. The van der Waals surface area contributed by atoms with Crippen molar-refractivity contribution in [2.75, 3.05) is 18.8 Å². The molecule has 0 bridgehead atoms. The molecule has 2 unspecified atom stereocenters. The summed E-state index contributed by atoms with van der Waals surface area (Å²) in [5.41, 5.74) is 5.32. The molecule has 0 aliphatic heterocycles. The number of nitrogens with two attached hydrogens (primary N) is 1. The van der Waals surface area contributed by atoms with E-state index in [2.05, 4.69) is 12.2 Å². The summed E-state index contributed by atoms with van der Waals surface area (Å²) in [7, 11) is -1.09. The molecule has 15 heavy (non-hydrogen) atoms. The quantitative estimate of drug-likeness (QED) is 0.597. The van der Waals surface area contributed by atoms with Crippen molar-refractivity contribution >= 4 is 16.7 Å². The van der Waals surface area contributed by atoms with E-state index in [4.69, 9.17) is 5.73 Å². The number of amides is 1. The van der Waals surface area contributed by atoms with E-state index in [1.54, 1.807) is 6.92 Å². The van der Waals surface area contributed by atoms with Crippen LogP contribution in [0.4, 0.5) is 0 Å². The van der Waals surface area contributed by atoms with Gasteiger partial charge in [-0.3, -0.25) is 9.00 Å². The highest BCUT2D eigenvalue weighted by molar-refractivity contribution is 7.86. The Kier molecular flexibility index (Phi) is 8.61. The number of unbranched alkanes of at least 4 members (excludes halogenated alkanes) is 1. The van der Waals surface area contributed by atoms with E-state index in [0.717, 1.165) is 12.8 Å².